The third-order valence-electron chi connectivity index (χ3n) is 2.72. The second kappa shape index (κ2) is 4.79. The molecule has 0 unspecified atom stereocenters. The van der Waals surface area contributed by atoms with Crippen molar-refractivity contribution in [3.63, 3.8) is 0 Å². The molecule has 0 saturated carbocycles. The van der Waals surface area contributed by atoms with Crippen LogP contribution in [-0.4, -0.2) is 11.6 Å². The molecule has 1 heterocycles. The fourth-order valence-corrected chi connectivity index (χ4v) is 4.18. The lowest BCUT2D eigenvalue weighted by molar-refractivity contribution is 0.343. The predicted molar refractivity (Wildman–Crippen MR) is 83.7 cm³/mol. The van der Waals surface area contributed by atoms with Gasteiger partial charge in [0.2, 0.25) is 0 Å². The second-order valence-corrected chi connectivity index (χ2v) is 6.83. The van der Waals surface area contributed by atoms with E-state index < -0.39 is 0 Å². The molecule has 5 heteroatoms. The Labute approximate surface area is 125 Å². The molecule has 1 aromatic heterocycles. The van der Waals surface area contributed by atoms with Crippen molar-refractivity contribution in [1.82, 2.24) is 4.98 Å². The first-order valence-corrected chi connectivity index (χ1v) is 7.91. The molecule has 0 amide bonds. The van der Waals surface area contributed by atoms with Gasteiger partial charge in [0.1, 0.15) is 5.75 Å². The number of hydrogen-bond donors (Lipinski definition) is 0. The summed E-state index contributed by atoms with van der Waals surface area (Å²) in [6.45, 7) is 2.64. The highest BCUT2D eigenvalue weighted by Gasteiger charge is 2.16. The van der Waals surface area contributed by atoms with Gasteiger partial charge in [-0.1, -0.05) is 24.3 Å². The molecule has 0 spiro atoms. The summed E-state index contributed by atoms with van der Waals surface area (Å²) in [6.07, 6.45) is 0. The summed E-state index contributed by atoms with van der Waals surface area (Å²) in [7, 11) is 0. The van der Waals surface area contributed by atoms with Crippen molar-refractivity contribution in [2.24, 2.45) is 0 Å². The predicted octanol–water partition coefficient (Wildman–Crippen LogP) is 5.37. The Balaban J connectivity index is 2.52. The monoisotopic (exact) mass is 385 g/mol. The molecule has 18 heavy (non-hydrogen) atoms. The zero-order valence-corrected chi connectivity index (χ0v) is 13.5. The van der Waals surface area contributed by atoms with Crippen molar-refractivity contribution in [2.45, 2.75) is 6.92 Å². The maximum Gasteiger partial charge on any atom is 0.160 e. The zero-order chi connectivity index (χ0) is 12.7. The van der Waals surface area contributed by atoms with Crippen LogP contribution >= 0.6 is 43.2 Å². The zero-order valence-electron chi connectivity index (χ0n) is 9.54. The molecule has 2 aromatic carbocycles. The Bertz CT molecular complexity index is 739. The van der Waals surface area contributed by atoms with Crippen LogP contribution in [0, 0.1) is 0 Å². The van der Waals surface area contributed by atoms with Crippen molar-refractivity contribution in [1.29, 1.82) is 0 Å². The fraction of sp³-hybridized carbons (Fsp3) is 0.154. The molecule has 2 nitrogen and oxygen atoms in total. The number of hydrogen-bond acceptors (Lipinski definition) is 3. The molecule has 92 valence electrons. The summed E-state index contributed by atoms with van der Waals surface area (Å²) in [4.78, 5) is 4.55. The quantitative estimate of drug-likeness (QED) is 0.590. The first kappa shape index (κ1) is 12.4. The van der Waals surface area contributed by atoms with Gasteiger partial charge in [0.15, 0.2) is 3.92 Å². The molecule has 0 atom stereocenters. The molecule has 0 aliphatic heterocycles. The van der Waals surface area contributed by atoms with Gasteiger partial charge in [-0.15, -0.1) is 11.3 Å². The maximum atomic E-state index is 5.78. The third-order valence-corrected chi connectivity index (χ3v) is 5.26. The van der Waals surface area contributed by atoms with Crippen LogP contribution in [-0.2, 0) is 0 Å². The second-order valence-electron chi connectivity index (χ2n) is 3.77. The molecule has 3 rings (SSSR count). The molecule has 0 aliphatic carbocycles. The van der Waals surface area contributed by atoms with E-state index in [9.17, 15) is 0 Å². The average Bonchev–Trinajstić information content (AvgIpc) is 2.77. The van der Waals surface area contributed by atoms with E-state index in [2.05, 4.69) is 49.0 Å². The summed E-state index contributed by atoms with van der Waals surface area (Å²) < 4.78 is 8.77. The van der Waals surface area contributed by atoms with Crippen LogP contribution in [0.15, 0.2) is 32.7 Å². The average molecular weight is 387 g/mol. The number of ether oxygens (including phenoxy) is 1. The van der Waals surface area contributed by atoms with Gasteiger partial charge in [0.05, 0.1) is 21.3 Å². The smallest absolute Gasteiger partial charge is 0.160 e. The number of benzene rings is 2. The molecule has 0 bridgehead atoms. The summed E-state index contributed by atoms with van der Waals surface area (Å²) in [6, 6.07) is 8.19. The minimum Gasteiger partial charge on any atom is -0.492 e. The largest absolute Gasteiger partial charge is 0.492 e. The van der Waals surface area contributed by atoms with E-state index >= 15 is 0 Å². The van der Waals surface area contributed by atoms with E-state index in [1.54, 1.807) is 11.3 Å². The van der Waals surface area contributed by atoms with Gasteiger partial charge in [0, 0.05) is 10.8 Å². The molecular formula is C13H9Br2NOS. The van der Waals surface area contributed by atoms with E-state index in [4.69, 9.17) is 4.74 Å². The fourth-order valence-electron chi connectivity index (χ4n) is 2.02. The molecule has 0 saturated heterocycles. The van der Waals surface area contributed by atoms with Gasteiger partial charge in [-0.3, -0.25) is 0 Å². The minimum absolute atomic E-state index is 0.647. The van der Waals surface area contributed by atoms with Crippen LogP contribution in [0.4, 0.5) is 0 Å². The number of fused-ring (bicyclic) bond motifs is 3. The van der Waals surface area contributed by atoms with Crippen LogP contribution in [0.2, 0.25) is 0 Å². The normalized spacial score (nSPS) is 11.3. The van der Waals surface area contributed by atoms with Gasteiger partial charge >= 0.3 is 0 Å². The highest BCUT2D eigenvalue weighted by atomic mass is 79.9. The van der Waals surface area contributed by atoms with Gasteiger partial charge < -0.3 is 4.74 Å². The summed E-state index contributed by atoms with van der Waals surface area (Å²) >= 11 is 8.71. The number of aromatic nitrogens is 1. The van der Waals surface area contributed by atoms with Crippen molar-refractivity contribution in [3.05, 3.63) is 32.7 Å². The number of thiazole rings is 1. The number of nitrogens with zero attached hydrogens (tertiary/aromatic N) is 1. The van der Waals surface area contributed by atoms with Gasteiger partial charge in [-0.05, 0) is 38.8 Å². The van der Waals surface area contributed by atoms with Crippen molar-refractivity contribution in [2.75, 3.05) is 6.61 Å². The molecule has 3 aromatic rings. The van der Waals surface area contributed by atoms with Crippen molar-refractivity contribution < 1.29 is 4.74 Å². The highest BCUT2D eigenvalue weighted by Crippen LogP contribution is 2.44. The molecule has 0 fully saturated rings. The summed E-state index contributed by atoms with van der Waals surface area (Å²) in [5.41, 5.74) is 1.01. The standard InChI is InChI=1S/C13H9Br2NOS/c1-2-17-11-8-6-4-3-5-7(8)10-12(9(11)14)18-13(15)16-10/h3-6H,2H2,1H3. The Hall–Kier alpha value is -0.650. The Kier molecular flexibility index (Phi) is 3.30. The van der Waals surface area contributed by atoms with Crippen LogP contribution in [0.3, 0.4) is 0 Å². The Morgan fingerprint density at radius 2 is 1.94 bits per heavy atom. The van der Waals surface area contributed by atoms with Crippen LogP contribution in [0.5, 0.6) is 5.75 Å². The number of rotatable bonds is 2. The first-order valence-electron chi connectivity index (χ1n) is 5.51. The lowest BCUT2D eigenvalue weighted by Crippen LogP contribution is -1.94. The van der Waals surface area contributed by atoms with E-state index in [-0.39, 0.29) is 0 Å². The Morgan fingerprint density at radius 1 is 1.22 bits per heavy atom. The Morgan fingerprint density at radius 3 is 2.67 bits per heavy atom. The van der Waals surface area contributed by atoms with E-state index in [0.717, 1.165) is 35.1 Å². The van der Waals surface area contributed by atoms with Crippen LogP contribution in [0.1, 0.15) is 6.92 Å². The first-order chi connectivity index (χ1) is 8.72. The molecule has 0 N–H and O–H groups in total. The van der Waals surface area contributed by atoms with E-state index in [1.165, 1.54) is 0 Å². The van der Waals surface area contributed by atoms with Gasteiger partial charge in [-0.2, -0.15) is 0 Å². The van der Waals surface area contributed by atoms with Crippen LogP contribution < -0.4 is 4.74 Å². The number of halogens is 2. The van der Waals surface area contributed by atoms with Crippen molar-refractivity contribution >= 4 is 64.2 Å². The third kappa shape index (κ3) is 1.85. The van der Waals surface area contributed by atoms with Gasteiger partial charge in [0.25, 0.3) is 0 Å². The summed E-state index contributed by atoms with van der Waals surface area (Å²) in [5.74, 6) is 0.900. The SMILES string of the molecule is CCOc1c(Br)c2sc(Br)nc2c2ccccc12. The lowest BCUT2D eigenvalue weighted by Gasteiger charge is -2.10. The van der Waals surface area contributed by atoms with E-state index in [1.807, 2.05) is 19.1 Å². The van der Waals surface area contributed by atoms with E-state index in [0.29, 0.717) is 6.61 Å². The molecule has 0 radical (unpaired) electrons. The minimum atomic E-state index is 0.647. The van der Waals surface area contributed by atoms with Crippen LogP contribution in [0.25, 0.3) is 21.0 Å². The molecule has 0 aliphatic rings. The van der Waals surface area contributed by atoms with Gasteiger partial charge in [-0.25, -0.2) is 4.98 Å². The summed E-state index contributed by atoms with van der Waals surface area (Å²) in [5, 5.41) is 2.22. The maximum absolute atomic E-state index is 5.78. The topological polar surface area (TPSA) is 22.1 Å². The molecular weight excluding hydrogens is 378 g/mol. The lowest BCUT2D eigenvalue weighted by atomic mass is 10.1. The highest BCUT2D eigenvalue weighted by molar-refractivity contribution is 9.11. The van der Waals surface area contributed by atoms with Crippen molar-refractivity contribution in [3.8, 4) is 5.75 Å².